The summed E-state index contributed by atoms with van der Waals surface area (Å²) in [6, 6.07) is 5.58. The topological polar surface area (TPSA) is 41.6 Å². The van der Waals surface area contributed by atoms with Crippen LogP contribution in [0.3, 0.4) is 0 Å². The highest BCUT2D eigenvalue weighted by atomic mass is 79.9. The van der Waals surface area contributed by atoms with Gasteiger partial charge in [-0.15, -0.1) is 0 Å². The lowest BCUT2D eigenvalue weighted by Gasteiger charge is -2.06. The van der Waals surface area contributed by atoms with Crippen molar-refractivity contribution in [2.45, 2.75) is 0 Å². The SMILES string of the molecule is COc1ccc(Br)cc1/C=C1/NC(=S)N(C)C1=O. The van der Waals surface area contributed by atoms with Crippen molar-refractivity contribution in [1.82, 2.24) is 10.2 Å². The highest BCUT2D eigenvalue weighted by Crippen LogP contribution is 2.25. The van der Waals surface area contributed by atoms with Crippen LogP contribution in [0, 0.1) is 0 Å². The van der Waals surface area contributed by atoms with E-state index in [-0.39, 0.29) is 5.91 Å². The fourth-order valence-corrected chi connectivity index (χ4v) is 2.17. The van der Waals surface area contributed by atoms with Crippen LogP contribution in [0.25, 0.3) is 6.08 Å². The predicted molar refractivity (Wildman–Crippen MR) is 77.2 cm³/mol. The van der Waals surface area contributed by atoms with E-state index in [9.17, 15) is 4.79 Å². The fraction of sp³-hybridized carbons (Fsp3) is 0.167. The first-order valence-electron chi connectivity index (χ1n) is 5.17. The second-order valence-corrected chi connectivity index (χ2v) is 5.04. The molecule has 0 radical (unpaired) electrons. The third-order valence-corrected chi connectivity index (χ3v) is 3.44. The van der Waals surface area contributed by atoms with Gasteiger partial charge in [0, 0.05) is 17.1 Å². The molecule has 0 bridgehead atoms. The number of ether oxygens (including phenoxy) is 1. The van der Waals surface area contributed by atoms with Crippen LogP contribution < -0.4 is 10.1 Å². The number of rotatable bonds is 2. The third-order valence-electron chi connectivity index (χ3n) is 2.57. The summed E-state index contributed by atoms with van der Waals surface area (Å²) in [5.41, 5.74) is 1.25. The summed E-state index contributed by atoms with van der Waals surface area (Å²) >= 11 is 8.40. The molecule has 0 aromatic heterocycles. The molecule has 1 aliphatic rings. The maximum Gasteiger partial charge on any atom is 0.276 e. The Hall–Kier alpha value is -1.40. The largest absolute Gasteiger partial charge is 0.496 e. The van der Waals surface area contributed by atoms with Gasteiger partial charge in [-0.05, 0) is 36.5 Å². The van der Waals surface area contributed by atoms with Gasteiger partial charge in [0.05, 0.1) is 7.11 Å². The van der Waals surface area contributed by atoms with E-state index >= 15 is 0 Å². The molecule has 94 valence electrons. The van der Waals surface area contributed by atoms with Gasteiger partial charge in [0.1, 0.15) is 11.4 Å². The minimum atomic E-state index is -0.151. The number of nitrogens with one attached hydrogen (secondary N) is 1. The summed E-state index contributed by atoms with van der Waals surface area (Å²) in [4.78, 5) is 13.3. The monoisotopic (exact) mass is 326 g/mol. The Morgan fingerprint density at radius 2 is 2.22 bits per heavy atom. The molecule has 1 heterocycles. The van der Waals surface area contributed by atoms with Crippen LogP contribution in [0.4, 0.5) is 0 Å². The van der Waals surface area contributed by atoms with E-state index in [4.69, 9.17) is 17.0 Å². The molecule has 1 aromatic carbocycles. The van der Waals surface area contributed by atoms with Crippen molar-refractivity contribution >= 4 is 45.2 Å². The molecule has 0 aliphatic carbocycles. The van der Waals surface area contributed by atoms with Gasteiger partial charge < -0.3 is 10.1 Å². The van der Waals surface area contributed by atoms with E-state index in [2.05, 4.69) is 21.2 Å². The van der Waals surface area contributed by atoms with E-state index in [1.165, 1.54) is 4.90 Å². The Bertz CT molecular complexity index is 557. The highest BCUT2D eigenvalue weighted by Gasteiger charge is 2.27. The first kappa shape index (κ1) is 13.0. The molecule has 1 N–H and O–H groups in total. The molecule has 1 aliphatic heterocycles. The molecule has 4 nitrogen and oxygen atoms in total. The van der Waals surface area contributed by atoms with Gasteiger partial charge in [0.15, 0.2) is 5.11 Å². The first-order chi connectivity index (χ1) is 8.52. The summed E-state index contributed by atoms with van der Waals surface area (Å²) < 4.78 is 6.16. The predicted octanol–water partition coefficient (Wildman–Crippen LogP) is 2.15. The van der Waals surface area contributed by atoms with Gasteiger partial charge in [0.25, 0.3) is 5.91 Å². The van der Waals surface area contributed by atoms with Crippen LogP contribution in [0.1, 0.15) is 5.56 Å². The van der Waals surface area contributed by atoms with Crippen LogP contribution >= 0.6 is 28.1 Å². The van der Waals surface area contributed by atoms with Crippen molar-refractivity contribution in [3.05, 3.63) is 33.9 Å². The van der Waals surface area contributed by atoms with Crippen LogP contribution in [0.15, 0.2) is 28.4 Å². The Kier molecular flexibility index (Phi) is 3.68. The minimum absolute atomic E-state index is 0.151. The standard InChI is InChI=1S/C12H11BrN2O2S/c1-15-11(16)9(14-12(15)18)6-7-5-8(13)3-4-10(7)17-2/h3-6H,1-2H3,(H,14,18)/b9-6+. The van der Waals surface area contributed by atoms with E-state index < -0.39 is 0 Å². The van der Waals surface area contributed by atoms with Gasteiger partial charge in [-0.25, -0.2) is 0 Å². The van der Waals surface area contributed by atoms with Crippen molar-refractivity contribution in [1.29, 1.82) is 0 Å². The van der Waals surface area contributed by atoms with E-state index in [1.54, 1.807) is 20.2 Å². The Morgan fingerprint density at radius 1 is 1.50 bits per heavy atom. The second kappa shape index (κ2) is 5.07. The van der Waals surface area contributed by atoms with Gasteiger partial charge in [-0.2, -0.15) is 0 Å². The number of thiocarbonyl (C=S) groups is 1. The lowest BCUT2D eigenvalue weighted by Crippen LogP contribution is -2.25. The molecule has 0 saturated carbocycles. The average molecular weight is 327 g/mol. The molecule has 1 fully saturated rings. The molecule has 1 aromatic rings. The second-order valence-electron chi connectivity index (χ2n) is 3.74. The summed E-state index contributed by atoms with van der Waals surface area (Å²) in [6.07, 6.45) is 1.72. The van der Waals surface area contributed by atoms with Crippen molar-refractivity contribution in [3.63, 3.8) is 0 Å². The number of nitrogens with zero attached hydrogens (tertiary/aromatic N) is 1. The first-order valence-corrected chi connectivity index (χ1v) is 6.37. The summed E-state index contributed by atoms with van der Waals surface area (Å²) in [7, 11) is 3.22. The molecule has 1 saturated heterocycles. The van der Waals surface area contributed by atoms with Crippen molar-refractivity contribution in [2.24, 2.45) is 0 Å². The highest BCUT2D eigenvalue weighted by molar-refractivity contribution is 9.10. The number of benzene rings is 1. The summed E-state index contributed by atoms with van der Waals surface area (Å²) in [6.45, 7) is 0. The molecule has 18 heavy (non-hydrogen) atoms. The molecule has 1 amide bonds. The number of hydrogen-bond acceptors (Lipinski definition) is 3. The van der Waals surface area contributed by atoms with Crippen molar-refractivity contribution in [3.8, 4) is 5.75 Å². The zero-order valence-corrected chi connectivity index (χ0v) is 12.3. The van der Waals surface area contributed by atoms with Crippen LogP contribution in [0.2, 0.25) is 0 Å². The van der Waals surface area contributed by atoms with Gasteiger partial charge in [-0.3, -0.25) is 9.69 Å². The molecule has 0 unspecified atom stereocenters. The smallest absolute Gasteiger partial charge is 0.276 e. The number of likely N-dealkylation sites (N-methyl/N-ethyl adjacent to an activating group) is 1. The van der Waals surface area contributed by atoms with Crippen LogP contribution in [-0.4, -0.2) is 30.1 Å². The third kappa shape index (κ3) is 2.39. The number of hydrogen-bond donors (Lipinski definition) is 1. The van der Waals surface area contributed by atoms with Crippen molar-refractivity contribution in [2.75, 3.05) is 14.2 Å². The molecular weight excluding hydrogens is 316 g/mol. The van der Waals surface area contributed by atoms with E-state index in [0.29, 0.717) is 16.6 Å². The van der Waals surface area contributed by atoms with Gasteiger partial charge in [0.2, 0.25) is 0 Å². The number of carbonyl (C=O) groups excluding carboxylic acids is 1. The molecule has 0 spiro atoms. The average Bonchev–Trinajstić information content (AvgIpc) is 2.57. The van der Waals surface area contributed by atoms with Gasteiger partial charge >= 0.3 is 0 Å². The van der Waals surface area contributed by atoms with Crippen LogP contribution in [0.5, 0.6) is 5.75 Å². The Morgan fingerprint density at radius 3 is 2.78 bits per heavy atom. The molecule has 6 heteroatoms. The minimum Gasteiger partial charge on any atom is -0.496 e. The fourth-order valence-electron chi connectivity index (χ4n) is 1.60. The molecule has 0 atom stereocenters. The lowest BCUT2D eigenvalue weighted by molar-refractivity contribution is -0.121. The van der Waals surface area contributed by atoms with Crippen LogP contribution in [-0.2, 0) is 4.79 Å². The summed E-state index contributed by atoms with van der Waals surface area (Å²) in [5.74, 6) is 0.544. The Labute approximate surface area is 119 Å². The number of amides is 1. The normalized spacial score (nSPS) is 17.3. The summed E-state index contributed by atoms with van der Waals surface area (Å²) in [5, 5.41) is 3.27. The zero-order chi connectivity index (χ0) is 13.3. The molecular formula is C12H11BrN2O2S. The van der Waals surface area contributed by atoms with E-state index in [0.717, 1.165) is 10.0 Å². The number of halogens is 1. The lowest BCUT2D eigenvalue weighted by atomic mass is 10.1. The van der Waals surface area contributed by atoms with E-state index in [1.807, 2.05) is 18.2 Å². The molecule has 2 rings (SSSR count). The van der Waals surface area contributed by atoms with Crippen molar-refractivity contribution < 1.29 is 9.53 Å². The maximum absolute atomic E-state index is 11.9. The Balaban J connectivity index is 2.42. The zero-order valence-electron chi connectivity index (χ0n) is 9.86. The van der Waals surface area contributed by atoms with Gasteiger partial charge in [-0.1, -0.05) is 15.9 Å². The maximum atomic E-state index is 11.9. The quantitative estimate of drug-likeness (QED) is 0.668. The number of methoxy groups -OCH3 is 1. The number of carbonyl (C=O) groups is 1.